The summed E-state index contributed by atoms with van der Waals surface area (Å²) in [5.41, 5.74) is -4.71. The lowest BCUT2D eigenvalue weighted by Crippen LogP contribution is -2.64. The number of rotatable bonds is 3. The van der Waals surface area contributed by atoms with Gasteiger partial charge in [-0.2, -0.15) is 21.6 Å². The van der Waals surface area contributed by atoms with Crippen molar-refractivity contribution in [3.63, 3.8) is 0 Å². The van der Waals surface area contributed by atoms with Gasteiger partial charge in [-0.15, -0.1) is 0 Å². The van der Waals surface area contributed by atoms with Crippen molar-refractivity contribution in [1.29, 1.82) is 0 Å². The third-order valence-corrected chi connectivity index (χ3v) is 7.53. The molecule has 1 fully saturated rings. The van der Waals surface area contributed by atoms with E-state index in [-0.39, 0.29) is 22.6 Å². The van der Waals surface area contributed by atoms with Crippen molar-refractivity contribution in [1.82, 2.24) is 4.90 Å². The molecule has 2 aliphatic rings. The van der Waals surface area contributed by atoms with Crippen LogP contribution in [0.5, 0.6) is 5.75 Å². The van der Waals surface area contributed by atoms with Crippen LogP contribution in [0.2, 0.25) is 0 Å². The molecular formula is C20H24F3NO5S. The Morgan fingerprint density at radius 3 is 2.47 bits per heavy atom. The number of amides is 1. The summed E-state index contributed by atoms with van der Waals surface area (Å²) in [7, 11) is -5.77. The Balaban J connectivity index is 2.01. The summed E-state index contributed by atoms with van der Waals surface area (Å²) in [5, 5.41) is 0. The molecule has 1 saturated heterocycles. The molecule has 1 aromatic rings. The zero-order valence-electron chi connectivity index (χ0n) is 17.2. The predicted molar refractivity (Wildman–Crippen MR) is 103 cm³/mol. The number of nitrogens with zero attached hydrogens (tertiary/aromatic N) is 1. The summed E-state index contributed by atoms with van der Waals surface area (Å²) >= 11 is 0. The average Bonchev–Trinajstić information content (AvgIpc) is 2.56. The fourth-order valence-electron chi connectivity index (χ4n) is 4.56. The summed E-state index contributed by atoms with van der Waals surface area (Å²) in [4.78, 5) is 14.2. The number of alkyl halides is 3. The second-order valence-electron chi connectivity index (χ2n) is 8.59. The monoisotopic (exact) mass is 447 g/mol. The van der Waals surface area contributed by atoms with E-state index in [0.717, 1.165) is 5.56 Å². The number of hydrogen-bond donors (Lipinski definition) is 0. The van der Waals surface area contributed by atoms with Gasteiger partial charge in [0.05, 0.1) is 5.76 Å². The summed E-state index contributed by atoms with van der Waals surface area (Å²) < 4.78 is 70.2. The van der Waals surface area contributed by atoms with E-state index in [4.69, 9.17) is 4.74 Å². The zero-order chi connectivity index (χ0) is 22.7. The first kappa shape index (κ1) is 22.5. The van der Waals surface area contributed by atoms with Gasteiger partial charge in [-0.25, -0.2) is 4.79 Å². The van der Waals surface area contributed by atoms with Crippen LogP contribution in [0.1, 0.15) is 45.2 Å². The minimum absolute atomic E-state index is 0.260. The van der Waals surface area contributed by atoms with Gasteiger partial charge in [0.25, 0.3) is 0 Å². The van der Waals surface area contributed by atoms with E-state index in [0.29, 0.717) is 24.9 Å². The summed E-state index contributed by atoms with van der Waals surface area (Å²) in [6, 6.07) is 3.87. The Morgan fingerprint density at radius 2 is 1.90 bits per heavy atom. The molecule has 0 saturated carbocycles. The SMILES string of the molecule is C=C(C)OC(=O)N1CC[C@@]2(C)c3ccc(OS(=O)(=O)C(F)(F)F)cc3C[C@@H]1C2(C)C. The van der Waals surface area contributed by atoms with E-state index >= 15 is 0 Å². The van der Waals surface area contributed by atoms with E-state index in [2.05, 4.69) is 10.8 Å². The van der Waals surface area contributed by atoms with Crippen LogP contribution < -0.4 is 4.18 Å². The molecule has 2 bridgehead atoms. The Morgan fingerprint density at radius 1 is 1.27 bits per heavy atom. The third-order valence-electron chi connectivity index (χ3n) is 6.55. The molecule has 2 atom stereocenters. The molecule has 0 radical (unpaired) electrons. The highest BCUT2D eigenvalue weighted by Gasteiger charge is 2.57. The lowest BCUT2D eigenvalue weighted by molar-refractivity contribution is -0.0500. The van der Waals surface area contributed by atoms with E-state index in [1.807, 2.05) is 20.8 Å². The van der Waals surface area contributed by atoms with Crippen LogP contribution in [0.4, 0.5) is 18.0 Å². The van der Waals surface area contributed by atoms with Crippen molar-refractivity contribution in [2.75, 3.05) is 6.54 Å². The zero-order valence-corrected chi connectivity index (χ0v) is 18.0. The molecule has 1 aliphatic heterocycles. The maximum atomic E-state index is 12.7. The maximum absolute atomic E-state index is 12.7. The quantitative estimate of drug-likeness (QED) is 0.388. The van der Waals surface area contributed by atoms with Gasteiger partial charge in [0, 0.05) is 18.0 Å². The van der Waals surface area contributed by atoms with Gasteiger partial charge in [0.1, 0.15) is 5.75 Å². The molecule has 0 unspecified atom stereocenters. The van der Waals surface area contributed by atoms with Crippen LogP contribution in [0, 0.1) is 5.41 Å². The molecule has 0 N–H and O–H groups in total. The molecule has 1 amide bonds. The van der Waals surface area contributed by atoms with Crippen molar-refractivity contribution >= 4 is 16.2 Å². The normalized spacial score (nSPS) is 25.3. The second kappa shape index (κ2) is 6.90. The van der Waals surface area contributed by atoms with Crippen molar-refractivity contribution < 1.29 is 35.3 Å². The van der Waals surface area contributed by atoms with Gasteiger partial charge in [0.2, 0.25) is 0 Å². The smallest absolute Gasteiger partial charge is 0.416 e. The number of fused-ring (bicyclic) bond motifs is 4. The summed E-state index contributed by atoms with van der Waals surface area (Å²) in [5.74, 6) is -0.154. The Kier molecular flexibility index (Phi) is 5.16. The largest absolute Gasteiger partial charge is 0.534 e. The molecule has 0 aromatic heterocycles. The maximum Gasteiger partial charge on any atom is 0.534 e. The molecular weight excluding hydrogens is 423 g/mol. The fourth-order valence-corrected chi connectivity index (χ4v) is 5.02. The van der Waals surface area contributed by atoms with Gasteiger partial charge in [-0.05, 0) is 48.4 Å². The highest BCUT2D eigenvalue weighted by atomic mass is 32.2. The molecule has 1 aliphatic carbocycles. The number of likely N-dealkylation sites (tertiary alicyclic amines) is 1. The lowest BCUT2D eigenvalue weighted by atomic mass is 9.51. The first-order chi connectivity index (χ1) is 13.6. The Bertz CT molecular complexity index is 1000. The number of benzene rings is 1. The summed E-state index contributed by atoms with van der Waals surface area (Å²) in [6.07, 6.45) is 0.403. The topological polar surface area (TPSA) is 72.9 Å². The minimum atomic E-state index is -5.77. The van der Waals surface area contributed by atoms with Gasteiger partial charge >= 0.3 is 21.7 Å². The van der Waals surface area contributed by atoms with Gasteiger partial charge in [-0.1, -0.05) is 33.4 Å². The van der Waals surface area contributed by atoms with Gasteiger partial charge < -0.3 is 13.8 Å². The molecule has 6 nitrogen and oxygen atoms in total. The summed E-state index contributed by atoms with van der Waals surface area (Å²) in [6.45, 7) is 11.7. The highest BCUT2D eigenvalue weighted by molar-refractivity contribution is 7.88. The van der Waals surface area contributed by atoms with E-state index < -0.39 is 27.5 Å². The Hall–Kier alpha value is -2.23. The van der Waals surface area contributed by atoms with Crippen LogP contribution in [-0.2, 0) is 26.7 Å². The third kappa shape index (κ3) is 3.44. The first-order valence-electron chi connectivity index (χ1n) is 9.38. The molecule has 1 heterocycles. The number of piperidine rings is 1. The molecule has 1 aromatic carbocycles. The lowest BCUT2D eigenvalue weighted by Gasteiger charge is -2.60. The number of hydrogen-bond acceptors (Lipinski definition) is 5. The number of carbonyl (C=O) groups is 1. The standard InChI is InChI=1S/C20H24F3NO5S/c1-12(2)28-17(25)24-9-8-19(5)15-7-6-14(29-30(26,27)20(21,22)23)10-13(15)11-16(24)18(19,3)4/h6-7,10,16H,1,8-9,11H2,2-5H3/t16-,19+/m1/s1. The van der Waals surface area contributed by atoms with E-state index in [1.54, 1.807) is 17.9 Å². The number of halogens is 3. The number of ether oxygens (including phenoxy) is 1. The van der Waals surface area contributed by atoms with Crippen LogP contribution in [-0.4, -0.2) is 37.5 Å². The molecule has 166 valence electrons. The van der Waals surface area contributed by atoms with Crippen molar-refractivity contribution in [3.05, 3.63) is 41.7 Å². The van der Waals surface area contributed by atoms with Gasteiger partial charge in [-0.3, -0.25) is 0 Å². The molecule has 0 spiro atoms. The average molecular weight is 447 g/mol. The first-order valence-corrected chi connectivity index (χ1v) is 10.8. The van der Waals surface area contributed by atoms with Crippen LogP contribution in [0.15, 0.2) is 30.5 Å². The number of carbonyl (C=O) groups excluding carboxylic acids is 1. The molecule has 3 rings (SSSR count). The van der Waals surface area contributed by atoms with Gasteiger partial charge in [0.15, 0.2) is 0 Å². The highest BCUT2D eigenvalue weighted by Crippen LogP contribution is 2.56. The van der Waals surface area contributed by atoms with Crippen molar-refractivity contribution in [3.8, 4) is 5.75 Å². The van der Waals surface area contributed by atoms with Crippen LogP contribution >= 0.6 is 0 Å². The fraction of sp³-hybridized carbons (Fsp3) is 0.550. The van der Waals surface area contributed by atoms with Crippen molar-refractivity contribution in [2.24, 2.45) is 5.41 Å². The predicted octanol–water partition coefficient (Wildman–Crippen LogP) is 4.50. The van der Waals surface area contributed by atoms with Crippen LogP contribution in [0.25, 0.3) is 0 Å². The van der Waals surface area contributed by atoms with Crippen molar-refractivity contribution in [2.45, 2.75) is 57.5 Å². The molecule has 10 heteroatoms. The van der Waals surface area contributed by atoms with E-state index in [9.17, 15) is 26.4 Å². The molecule has 30 heavy (non-hydrogen) atoms. The number of allylic oxidation sites excluding steroid dienone is 1. The van der Waals surface area contributed by atoms with E-state index in [1.165, 1.54) is 12.1 Å². The van der Waals surface area contributed by atoms with Crippen LogP contribution in [0.3, 0.4) is 0 Å². The minimum Gasteiger partial charge on any atom is -0.416 e. The second-order valence-corrected chi connectivity index (χ2v) is 10.1. The Labute approximate surface area is 173 Å².